The van der Waals surface area contributed by atoms with Crippen LogP contribution in [0, 0.1) is 5.41 Å². The van der Waals surface area contributed by atoms with Crippen molar-refractivity contribution in [2.45, 2.75) is 25.7 Å². The van der Waals surface area contributed by atoms with E-state index in [1.54, 1.807) is 6.92 Å². The van der Waals surface area contributed by atoms with Gasteiger partial charge in [0.25, 0.3) is 0 Å². The highest BCUT2D eigenvalue weighted by molar-refractivity contribution is 6.18. The fourth-order valence-corrected chi connectivity index (χ4v) is 1.48. The van der Waals surface area contributed by atoms with Crippen molar-refractivity contribution in [3.05, 3.63) is 0 Å². The predicted octanol–water partition coefficient (Wildman–Crippen LogP) is 2.66. The number of halogens is 3. The summed E-state index contributed by atoms with van der Waals surface area (Å²) in [7, 11) is 0. The maximum absolute atomic E-state index is 12.2. The van der Waals surface area contributed by atoms with Gasteiger partial charge in [-0.25, -0.2) is 8.78 Å². The summed E-state index contributed by atoms with van der Waals surface area (Å²) in [6.07, 6.45) is -0.0764. The van der Waals surface area contributed by atoms with Gasteiger partial charge in [0.2, 0.25) is 5.92 Å². The van der Waals surface area contributed by atoms with Gasteiger partial charge in [-0.2, -0.15) is 0 Å². The van der Waals surface area contributed by atoms with Crippen LogP contribution in [0.25, 0.3) is 0 Å². The number of rotatable bonds is 1. The Morgan fingerprint density at radius 2 is 1.89 bits per heavy atom. The SMILES string of the molecule is CC1(CCl)CC(F)(F)C1. The van der Waals surface area contributed by atoms with Gasteiger partial charge in [-0.15, -0.1) is 11.6 Å². The number of hydrogen-bond acceptors (Lipinski definition) is 0. The summed E-state index contributed by atoms with van der Waals surface area (Å²) < 4.78 is 24.3. The third-order valence-corrected chi connectivity index (χ3v) is 2.34. The molecular formula is C6H9ClF2. The molecule has 0 unspecified atom stereocenters. The lowest BCUT2D eigenvalue weighted by molar-refractivity contribution is -0.144. The van der Waals surface area contributed by atoms with Gasteiger partial charge in [0.15, 0.2) is 0 Å². The van der Waals surface area contributed by atoms with Gasteiger partial charge in [-0.05, 0) is 5.41 Å². The van der Waals surface area contributed by atoms with E-state index in [0.717, 1.165) is 0 Å². The Morgan fingerprint density at radius 3 is 2.00 bits per heavy atom. The Morgan fingerprint density at radius 1 is 1.44 bits per heavy atom. The van der Waals surface area contributed by atoms with E-state index in [-0.39, 0.29) is 18.3 Å². The molecule has 0 N–H and O–H groups in total. The zero-order valence-corrected chi connectivity index (χ0v) is 6.01. The summed E-state index contributed by atoms with van der Waals surface area (Å²) in [5, 5.41) is 0. The van der Waals surface area contributed by atoms with Gasteiger partial charge in [0.1, 0.15) is 0 Å². The summed E-state index contributed by atoms with van der Waals surface area (Å²) in [4.78, 5) is 0. The van der Waals surface area contributed by atoms with E-state index < -0.39 is 5.92 Å². The Balaban J connectivity index is 2.41. The smallest absolute Gasteiger partial charge is 0.207 e. The highest BCUT2D eigenvalue weighted by Gasteiger charge is 2.52. The van der Waals surface area contributed by atoms with Crippen LogP contribution >= 0.6 is 11.6 Å². The molecule has 0 amide bonds. The molecule has 0 aromatic heterocycles. The van der Waals surface area contributed by atoms with Crippen LogP contribution in [-0.2, 0) is 0 Å². The molecule has 3 heteroatoms. The van der Waals surface area contributed by atoms with Crippen molar-refractivity contribution in [3.63, 3.8) is 0 Å². The van der Waals surface area contributed by atoms with E-state index in [9.17, 15) is 8.78 Å². The van der Waals surface area contributed by atoms with Crippen LogP contribution in [0.3, 0.4) is 0 Å². The minimum absolute atomic E-state index is 0.0382. The Hall–Kier alpha value is 0.150. The lowest BCUT2D eigenvalue weighted by Crippen LogP contribution is -2.45. The van der Waals surface area contributed by atoms with Gasteiger partial charge in [-0.3, -0.25) is 0 Å². The second-order valence-electron chi connectivity index (χ2n) is 3.15. The van der Waals surface area contributed by atoms with Gasteiger partial charge >= 0.3 is 0 Å². The van der Waals surface area contributed by atoms with Crippen molar-refractivity contribution in [3.8, 4) is 0 Å². The van der Waals surface area contributed by atoms with E-state index >= 15 is 0 Å². The van der Waals surface area contributed by atoms with Gasteiger partial charge < -0.3 is 0 Å². The molecule has 0 nitrogen and oxygen atoms in total. The fourth-order valence-electron chi connectivity index (χ4n) is 1.29. The molecule has 0 saturated heterocycles. The van der Waals surface area contributed by atoms with Gasteiger partial charge in [0.05, 0.1) is 0 Å². The summed E-state index contributed by atoms with van der Waals surface area (Å²) in [5.74, 6) is -2.08. The molecule has 1 saturated carbocycles. The number of hydrogen-bond donors (Lipinski definition) is 0. The van der Waals surface area contributed by atoms with Crippen LogP contribution < -0.4 is 0 Å². The lowest BCUT2D eigenvalue weighted by Gasteiger charge is -2.43. The Bertz CT molecular complexity index is 114. The normalized spacial score (nSPS) is 29.3. The Kier molecular flexibility index (Phi) is 1.46. The van der Waals surface area contributed by atoms with Crippen molar-refractivity contribution in [2.75, 3.05) is 5.88 Å². The summed E-state index contributed by atoms with van der Waals surface area (Å²) in [6, 6.07) is 0. The summed E-state index contributed by atoms with van der Waals surface area (Å²) in [6.45, 7) is 1.79. The van der Waals surface area contributed by atoms with Crippen molar-refractivity contribution in [2.24, 2.45) is 5.41 Å². The van der Waals surface area contributed by atoms with E-state index in [1.165, 1.54) is 0 Å². The molecule has 9 heavy (non-hydrogen) atoms. The first kappa shape index (κ1) is 7.26. The first-order valence-electron chi connectivity index (χ1n) is 2.91. The molecule has 0 bridgehead atoms. The standard InChI is InChI=1S/C6H9ClF2/c1-5(4-7)2-6(8,9)3-5/h2-4H2,1H3. The molecule has 0 aromatic rings. The van der Waals surface area contributed by atoms with Crippen molar-refractivity contribution < 1.29 is 8.78 Å². The van der Waals surface area contributed by atoms with Crippen LogP contribution in [0.4, 0.5) is 8.78 Å². The largest absolute Gasteiger partial charge is 0.249 e. The van der Waals surface area contributed by atoms with Crippen molar-refractivity contribution >= 4 is 11.6 Å². The molecule has 0 atom stereocenters. The van der Waals surface area contributed by atoms with E-state index in [0.29, 0.717) is 5.88 Å². The quantitative estimate of drug-likeness (QED) is 0.510. The maximum Gasteiger partial charge on any atom is 0.249 e. The topological polar surface area (TPSA) is 0 Å². The van der Waals surface area contributed by atoms with E-state index in [2.05, 4.69) is 0 Å². The molecule has 0 radical (unpaired) electrons. The molecule has 0 aromatic carbocycles. The minimum atomic E-state index is -2.43. The number of alkyl halides is 3. The lowest BCUT2D eigenvalue weighted by atomic mass is 9.69. The molecule has 1 aliphatic carbocycles. The van der Waals surface area contributed by atoms with Crippen LogP contribution in [-0.4, -0.2) is 11.8 Å². The van der Waals surface area contributed by atoms with Crippen LogP contribution in [0.1, 0.15) is 19.8 Å². The predicted molar refractivity (Wildman–Crippen MR) is 33.0 cm³/mol. The third-order valence-electron chi connectivity index (χ3n) is 1.69. The van der Waals surface area contributed by atoms with Crippen molar-refractivity contribution in [1.29, 1.82) is 0 Å². The minimum Gasteiger partial charge on any atom is -0.207 e. The van der Waals surface area contributed by atoms with Crippen LogP contribution in [0.15, 0.2) is 0 Å². The second kappa shape index (κ2) is 1.82. The molecule has 54 valence electrons. The first-order chi connectivity index (χ1) is 3.97. The van der Waals surface area contributed by atoms with Crippen LogP contribution in [0.5, 0.6) is 0 Å². The van der Waals surface area contributed by atoms with Crippen LogP contribution in [0.2, 0.25) is 0 Å². The zero-order valence-electron chi connectivity index (χ0n) is 5.26. The average Bonchev–Trinajstić information content (AvgIpc) is 1.61. The molecule has 0 spiro atoms. The second-order valence-corrected chi connectivity index (χ2v) is 3.42. The first-order valence-corrected chi connectivity index (χ1v) is 3.45. The van der Waals surface area contributed by atoms with Gasteiger partial charge in [-0.1, -0.05) is 6.92 Å². The maximum atomic E-state index is 12.2. The van der Waals surface area contributed by atoms with Gasteiger partial charge in [0, 0.05) is 18.7 Å². The zero-order chi connectivity index (χ0) is 7.12. The summed E-state index contributed by atoms with van der Waals surface area (Å²) >= 11 is 5.44. The molecular weight excluding hydrogens is 146 g/mol. The molecule has 1 fully saturated rings. The molecule has 1 rings (SSSR count). The summed E-state index contributed by atoms with van der Waals surface area (Å²) in [5.41, 5.74) is -0.287. The highest BCUT2D eigenvalue weighted by Crippen LogP contribution is 2.52. The van der Waals surface area contributed by atoms with E-state index in [4.69, 9.17) is 11.6 Å². The molecule has 1 aliphatic rings. The molecule has 0 heterocycles. The van der Waals surface area contributed by atoms with Crippen molar-refractivity contribution in [1.82, 2.24) is 0 Å². The third kappa shape index (κ3) is 1.34. The molecule has 0 aliphatic heterocycles. The monoisotopic (exact) mass is 154 g/mol. The Labute approximate surface area is 58.2 Å². The fraction of sp³-hybridized carbons (Fsp3) is 1.00. The average molecular weight is 155 g/mol. The van der Waals surface area contributed by atoms with E-state index in [1.807, 2.05) is 0 Å². The highest BCUT2D eigenvalue weighted by atomic mass is 35.5.